The number of rotatable bonds is 4. The molecule has 1 aliphatic heterocycles. The van der Waals surface area contributed by atoms with Crippen LogP contribution in [0.4, 0.5) is 10.1 Å². The number of likely N-dealkylation sites (tertiary alicyclic amines) is 1. The quantitative estimate of drug-likeness (QED) is 0.655. The van der Waals surface area contributed by atoms with E-state index in [1.54, 1.807) is 18.0 Å². The van der Waals surface area contributed by atoms with Gasteiger partial charge in [0.1, 0.15) is 5.82 Å². The summed E-state index contributed by atoms with van der Waals surface area (Å²) in [5, 5.41) is 0. The lowest BCUT2D eigenvalue weighted by Crippen LogP contribution is -2.45. The molecular weight excluding hydrogens is 271 g/mol. The monoisotopic (exact) mass is 294 g/mol. The van der Waals surface area contributed by atoms with Crippen LogP contribution in [0.25, 0.3) is 0 Å². The molecule has 2 rings (SSSR count). The predicted octanol–water partition coefficient (Wildman–Crippen LogP) is 1.67. The Bertz CT molecular complexity index is 500. The van der Waals surface area contributed by atoms with Crippen LogP contribution in [0.2, 0.25) is 0 Å². The van der Waals surface area contributed by atoms with E-state index >= 15 is 0 Å². The van der Waals surface area contributed by atoms with Crippen molar-refractivity contribution in [3.8, 4) is 0 Å². The lowest BCUT2D eigenvalue weighted by molar-refractivity contribution is 0.0647. The number of anilines is 1. The Morgan fingerprint density at radius 3 is 2.71 bits per heavy atom. The summed E-state index contributed by atoms with van der Waals surface area (Å²) in [7, 11) is 1.78. The van der Waals surface area contributed by atoms with Gasteiger partial charge in [0, 0.05) is 26.2 Å². The lowest BCUT2D eigenvalue weighted by Gasteiger charge is -2.36. The fourth-order valence-corrected chi connectivity index (χ4v) is 2.83. The maximum Gasteiger partial charge on any atom is 0.256 e. The Labute approximate surface area is 124 Å². The normalized spacial score (nSPS) is 16.8. The van der Waals surface area contributed by atoms with Crippen molar-refractivity contribution in [3.63, 3.8) is 0 Å². The Morgan fingerprint density at radius 1 is 1.48 bits per heavy atom. The van der Waals surface area contributed by atoms with Crippen molar-refractivity contribution in [1.82, 2.24) is 9.80 Å². The molecule has 1 saturated heterocycles. The zero-order chi connectivity index (χ0) is 15.4. The molecule has 0 spiro atoms. The maximum absolute atomic E-state index is 13.7. The molecule has 21 heavy (non-hydrogen) atoms. The molecule has 0 saturated carbocycles. The number of para-hydroxylation sites is 1. The molecule has 1 aliphatic rings. The summed E-state index contributed by atoms with van der Waals surface area (Å²) in [4.78, 5) is 16.7. The van der Waals surface area contributed by atoms with Gasteiger partial charge in [0.05, 0.1) is 11.3 Å². The molecule has 0 bridgehead atoms. The molecule has 0 aromatic heterocycles. The van der Waals surface area contributed by atoms with Gasteiger partial charge in [0.15, 0.2) is 0 Å². The van der Waals surface area contributed by atoms with Gasteiger partial charge in [-0.25, -0.2) is 4.39 Å². The Hall–Kier alpha value is -1.66. The van der Waals surface area contributed by atoms with Crippen LogP contribution in [0.1, 0.15) is 30.1 Å². The van der Waals surface area contributed by atoms with E-state index in [9.17, 15) is 9.18 Å². The fourth-order valence-electron chi connectivity index (χ4n) is 2.83. The Balaban J connectivity index is 2.11. The molecule has 116 valence electrons. The molecule has 0 atom stereocenters. The number of benzene rings is 1. The second-order valence-electron chi connectivity index (χ2n) is 5.39. The van der Waals surface area contributed by atoms with Crippen molar-refractivity contribution in [1.29, 1.82) is 0 Å². The second kappa shape index (κ2) is 6.87. The molecule has 5 nitrogen and oxygen atoms in total. The number of nitrogens with zero attached hydrogens (tertiary/aromatic N) is 2. The average Bonchev–Trinajstić information content (AvgIpc) is 2.53. The van der Waals surface area contributed by atoms with Crippen LogP contribution >= 0.6 is 0 Å². The number of halogens is 1. The molecule has 3 N–H and O–H groups in total. The standard InChI is InChI=1S/C15H23FN4O/c1-3-20-9-7-11(8-10-20)19(2)15(21)12-5-4-6-13(16)14(12)18-17/h4-6,11,18H,3,7-10,17H2,1-2H3. The molecule has 1 fully saturated rings. The topological polar surface area (TPSA) is 61.6 Å². The fraction of sp³-hybridized carbons (Fsp3) is 0.533. The number of amides is 1. The molecular formula is C15H23FN4O. The van der Waals surface area contributed by atoms with Crippen LogP contribution in [0, 0.1) is 5.82 Å². The van der Waals surface area contributed by atoms with Gasteiger partial charge in [0.2, 0.25) is 0 Å². The highest BCUT2D eigenvalue weighted by Crippen LogP contribution is 2.23. The van der Waals surface area contributed by atoms with E-state index in [1.165, 1.54) is 12.1 Å². The first-order valence-corrected chi connectivity index (χ1v) is 7.33. The number of carbonyl (C=O) groups is 1. The molecule has 1 aromatic carbocycles. The van der Waals surface area contributed by atoms with Gasteiger partial charge in [-0.3, -0.25) is 10.6 Å². The van der Waals surface area contributed by atoms with E-state index in [4.69, 9.17) is 5.84 Å². The minimum absolute atomic E-state index is 0.0559. The number of piperidine rings is 1. The third-order valence-electron chi connectivity index (χ3n) is 4.26. The molecule has 0 radical (unpaired) electrons. The van der Waals surface area contributed by atoms with Gasteiger partial charge >= 0.3 is 0 Å². The Kier molecular flexibility index (Phi) is 5.14. The van der Waals surface area contributed by atoms with Gasteiger partial charge in [-0.05, 0) is 31.5 Å². The summed E-state index contributed by atoms with van der Waals surface area (Å²) in [5.74, 6) is 4.62. The smallest absolute Gasteiger partial charge is 0.256 e. The molecule has 6 heteroatoms. The summed E-state index contributed by atoms with van der Waals surface area (Å²) < 4.78 is 13.7. The highest BCUT2D eigenvalue weighted by molar-refractivity contribution is 5.99. The lowest BCUT2D eigenvalue weighted by atomic mass is 10.0. The number of hydrazine groups is 1. The zero-order valence-corrected chi connectivity index (χ0v) is 12.6. The van der Waals surface area contributed by atoms with Crippen molar-refractivity contribution in [2.45, 2.75) is 25.8 Å². The molecule has 1 amide bonds. The molecule has 1 aromatic rings. The largest absolute Gasteiger partial charge is 0.339 e. The number of nitrogen functional groups attached to an aromatic ring is 1. The highest BCUT2D eigenvalue weighted by atomic mass is 19.1. The number of nitrogens with one attached hydrogen (secondary N) is 1. The summed E-state index contributed by atoms with van der Waals surface area (Å²) in [6, 6.07) is 4.59. The first kappa shape index (κ1) is 15.7. The van der Waals surface area contributed by atoms with Crippen molar-refractivity contribution in [3.05, 3.63) is 29.6 Å². The van der Waals surface area contributed by atoms with Crippen LogP contribution in [0.5, 0.6) is 0 Å². The first-order chi connectivity index (χ1) is 10.1. The maximum atomic E-state index is 13.7. The first-order valence-electron chi connectivity index (χ1n) is 7.33. The minimum atomic E-state index is -0.516. The van der Waals surface area contributed by atoms with Crippen molar-refractivity contribution < 1.29 is 9.18 Å². The minimum Gasteiger partial charge on any atom is -0.339 e. The van der Waals surface area contributed by atoms with E-state index < -0.39 is 5.82 Å². The second-order valence-corrected chi connectivity index (χ2v) is 5.39. The van der Waals surface area contributed by atoms with Gasteiger partial charge in [0.25, 0.3) is 5.91 Å². The van der Waals surface area contributed by atoms with E-state index in [2.05, 4.69) is 17.2 Å². The van der Waals surface area contributed by atoms with Crippen LogP contribution in [-0.2, 0) is 0 Å². The van der Waals surface area contributed by atoms with Gasteiger partial charge < -0.3 is 15.2 Å². The van der Waals surface area contributed by atoms with Crippen molar-refractivity contribution in [2.24, 2.45) is 5.84 Å². The molecule has 0 aliphatic carbocycles. The summed E-state index contributed by atoms with van der Waals surface area (Å²) in [6.07, 6.45) is 1.88. The van der Waals surface area contributed by atoms with Crippen LogP contribution in [0.3, 0.4) is 0 Å². The SMILES string of the molecule is CCN1CCC(N(C)C(=O)c2cccc(F)c2NN)CC1. The number of carbonyl (C=O) groups excluding carboxylic acids is 1. The van der Waals surface area contributed by atoms with Crippen molar-refractivity contribution >= 4 is 11.6 Å². The van der Waals surface area contributed by atoms with Gasteiger partial charge in [-0.2, -0.15) is 0 Å². The van der Waals surface area contributed by atoms with Gasteiger partial charge in [-0.15, -0.1) is 0 Å². The van der Waals surface area contributed by atoms with E-state index in [1.807, 2.05) is 0 Å². The average molecular weight is 294 g/mol. The Morgan fingerprint density at radius 2 is 2.14 bits per heavy atom. The molecule has 1 heterocycles. The van der Waals surface area contributed by atoms with Gasteiger partial charge in [-0.1, -0.05) is 13.0 Å². The van der Waals surface area contributed by atoms with E-state index in [-0.39, 0.29) is 23.2 Å². The highest BCUT2D eigenvalue weighted by Gasteiger charge is 2.27. The molecule has 0 unspecified atom stereocenters. The summed E-state index contributed by atoms with van der Waals surface area (Å²) >= 11 is 0. The number of nitrogens with two attached hydrogens (primary N) is 1. The summed E-state index contributed by atoms with van der Waals surface area (Å²) in [5.41, 5.74) is 2.62. The third-order valence-corrected chi connectivity index (χ3v) is 4.26. The van der Waals surface area contributed by atoms with Crippen LogP contribution in [0.15, 0.2) is 18.2 Å². The third kappa shape index (κ3) is 3.33. The number of hydrogen-bond acceptors (Lipinski definition) is 4. The van der Waals surface area contributed by atoms with Crippen LogP contribution < -0.4 is 11.3 Å². The van der Waals surface area contributed by atoms with Crippen LogP contribution in [-0.4, -0.2) is 48.4 Å². The van der Waals surface area contributed by atoms with E-state index in [0.717, 1.165) is 32.5 Å². The van der Waals surface area contributed by atoms with Crippen molar-refractivity contribution in [2.75, 3.05) is 32.1 Å². The van der Waals surface area contributed by atoms with E-state index in [0.29, 0.717) is 0 Å². The predicted molar refractivity (Wildman–Crippen MR) is 81.4 cm³/mol. The summed E-state index contributed by atoms with van der Waals surface area (Å²) in [6.45, 7) is 5.16. The number of hydrogen-bond donors (Lipinski definition) is 2. The zero-order valence-electron chi connectivity index (χ0n) is 12.6.